The van der Waals surface area contributed by atoms with Crippen LogP contribution < -0.4 is 10.6 Å². The van der Waals surface area contributed by atoms with E-state index in [-0.39, 0.29) is 5.91 Å². The molecule has 2 N–H and O–H groups in total. The van der Waals surface area contributed by atoms with Crippen molar-refractivity contribution >= 4 is 5.91 Å². The van der Waals surface area contributed by atoms with Crippen molar-refractivity contribution in [2.24, 2.45) is 7.05 Å². The molecule has 0 aliphatic carbocycles. The number of aromatic nitrogens is 3. The molecule has 6 nitrogen and oxygen atoms in total. The molecule has 2 aromatic heterocycles. The van der Waals surface area contributed by atoms with E-state index in [1.165, 1.54) is 43.6 Å². The van der Waals surface area contributed by atoms with Crippen LogP contribution in [0.3, 0.4) is 0 Å². The predicted molar refractivity (Wildman–Crippen MR) is 110 cm³/mol. The summed E-state index contributed by atoms with van der Waals surface area (Å²) in [5.41, 5.74) is 0.918. The van der Waals surface area contributed by atoms with Gasteiger partial charge in [0, 0.05) is 26.5 Å². The van der Waals surface area contributed by atoms with E-state index in [9.17, 15) is 22.4 Å². The predicted octanol–water partition coefficient (Wildman–Crippen LogP) is 3.72. The third kappa shape index (κ3) is 5.91. The zero-order valence-corrected chi connectivity index (χ0v) is 17.5. The number of aryl methyl sites for hydroxylation is 2. The van der Waals surface area contributed by atoms with Gasteiger partial charge in [-0.25, -0.2) is 4.39 Å². The van der Waals surface area contributed by atoms with Gasteiger partial charge in [-0.05, 0) is 48.2 Å². The van der Waals surface area contributed by atoms with Crippen LogP contribution in [-0.4, -0.2) is 27.7 Å². The summed E-state index contributed by atoms with van der Waals surface area (Å²) >= 11 is 0. The number of carbonyl (C=O) groups is 1. The van der Waals surface area contributed by atoms with Gasteiger partial charge >= 0.3 is 6.18 Å². The first kappa shape index (κ1) is 23.4. The molecule has 0 spiro atoms. The van der Waals surface area contributed by atoms with Crippen LogP contribution in [0.2, 0.25) is 0 Å². The van der Waals surface area contributed by atoms with Crippen molar-refractivity contribution in [2.75, 3.05) is 7.05 Å². The maximum atomic E-state index is 13.4. The molecule has 2 heterocycles. The zero-order chi connectivity index (χ0) is 23.3. The Morgan fingerprint density at radius 2 is 1.84 bits per heavy atom. The quantitative estimate of drug-likeness (QED) is 0.514. The molecule has 0 aliphatic heterocycles. The van der Waals surface area contributed by atoms with Gasteiger partial charge in [0.05, 0.1) is 11.7 Å². The largest absolute Gasteiger partial charge is 0.433 e. The fourth-order valence-electron chi connectivity index (χ4n) is 3.31. The molecule has 3 rings (SSSR count). The summed E-state index contributed by atoms with van der Waals surface area (Å²) in [4.78, 5) is 16.1. The number of hydrogen-bond acceptors (Lipinski definition) is 4. The molecule has 10 heteroatoms. The topological polar surface area (TPSA) is 71.8 Å². The van der Waals surface area contributed by atoms with E-state index in [0.717, 1.165) is 6.07 Å². The molecule has 32 heavy (non-hydrogen) atoms. The average molecular weight is 449 g/mol. The number of amides is 1. The number of hydrogen-bond donors (Lipinski definition) is 2. The van der Waals surface area contributed by atoms with Gasteiger partial charge in [0.2, 0.25) is 5.91 Å². The molecule has 0 aliphatic rings. The molecule has 1 amide bonds. The Bertz CT molecular complexity index is 1030. The molecular formula is C22H23F4N5O. The van der Waals surface area contributed by atoms with Crippen LogP contribution in [0.25, 0.3) is 0 Å². The number of rotatable bonds is 8. The SMILES string of the molecule is CNC(=O)C(NC(CCc1ccc(C(F)(F)F)nc1)c1ccn(C)n1)c1ccc(F)cc1. The molecular weight excluding hydrogens is 426 g/mol. The molecule has 0 saturated heterocycles. The normalized spacial score (nSPS) is 13.6. The minimum absolute atomic E-state index is 0.311. The molecule has 0 bridgehead atoms. The Morgan fingerprint density at radius 1 is 1.12 bits per heavy atom. The van der Waals surface area contributed by atoms with Gasteiger partial charge in [0.15, 0.2) is 0 Å². The average Bonchev–Trinajstić information content (AvgIpc) is 3.20. The Hall–Kier alpha value is -3.27. The zero-order valence-electron chi connectivity index (χ0n) is 17.5. The molecule has 0 radical (unpaired) electrons. The lowest BCUT2D eigenvalue weighted by Gasteiger charge is -2.24. The highest BCUT2D eigenvalue weighted by Crippen LogP contribution is 2.28. The van der Waals surface area contributed by atoms with Gasteiger partial charge in [0.25, 0.3) is 0 Å². The van der Waals surface area contributed by atoms with E-state index >= 15 is 0 Å². The summed E-state index contributed by atoms with van der Waals surface area (Å²) < 4.78 is 53.2. The van der Waals surface area contributed by atoms with Crippen LogP contribution in [0.5, 0.6) is 0 Å². The fourth-order valence-corrected chi connectivity index (χ4v) is 3.31. The molecule has 170 valence electrons. The third-order valence-corrected chi connectivity index (χ3v) is 5.01. The van der Waals surface area contributed by atoms with E-state index in [2.05, 4.69) is 20.7 Å². The maximum absolute atomic E-state index is 13.4. The first-order valence-electron chi connectivity index (χ1n) is 9.92. The molecule has 1 aromatic carbocycles. The summed E-state index contributed by atoms with van der Waals surface area (Å²) in [5, 5.41) is 10.3. The Labute approximate surface area is 182 Å². The van der Waals surface area contributed by atoms with Crippen molar-refractivity contribution in [3.63, 3.8) is 0 Å². The highest BCUT2D eigenvalue weighted by atomic mass is 19.4. The highest BCUT2D eigenvalue weighted by molar-refractivity contribution is 5.83. The van der Waals surface area contributed by atoms with E-state index < -0.39 is 29.8 Å². The number of likely N-dealkylation sites (N-methyl/N-ethyl adjacent to an activating group) is 1. The second-order valence-electron chi connectivity index (χ2n) is 7.32. The summed E-state index contributed by atoms with van der Waals surface area (Å²) in [7, 11) is 3.26. The highest BCUT2D eigenvalue weighted by Gasteiger charge is 2.32. The standard InChI is InChI=1S/C22H23F4N5O/c1-27-21(32)20(15-5-7-16(23)8-6-15)29-17(18-11-12-31(2)30-18)9-3-14-4-10-19(28-13-14)22(24,25)26/h4-8,10-13,17,20,29H,3,9H2,1-2H3,(H,27,32). The van der Waals surface area contributed by atoms with Gasteiger partial charge in [-0.2, -0.15) is 18.3 Å². The van der Waals surface area contributed by atoms with E-state index in [1.54, 1.807) is 24.0 Å². The first-order valence-corrected chi connectivity index (χ1v) is 9.92. The number of nitrogens with zero attached hydrogens (tertiary/aromatic N) is 3. The molecule has 2 unspecified atom stereocenters. The molecule has 0 saturated carbocycles. The number of alkyl halides is 3. The summed E-state index contributed by atoms with van der Waals surface area (Å²) in [6, 6.07) is 8.56. The minimum Gasteiger partial charge on any atom is -0.358 e. The van der Waals surface area contributed by atoms with Crippen molar-refractivity contribution in [2.45, 2.75) is 31.1 Å². The second-order valence-corrected chi connectivity index (χ2v) is 7.32. The van der Waals surface area contributed by atoms with Crippen molar-refractivity contribution in [3.8, 4) is 0 Å². The lowest BCUT2D eigenvalue weighted by Crippen LogP contribution is -2.38. The van der Waals surface area contributed by atoms with Gasteiger partial charge in [-0.3, -0.25) is 19.8 Å². The molecule has 2 atom stereocenters. The molecule has 3 aromatic rings. The number of pyridine rings is 1. The van der Waals surface area contributed by atoms with Crippen LogP contribution in [0.4, 0.5) is 17.6 Å². The van der Waals surface area contributed by atoms with Crippen LogP contribution in [-0.2, 0) is 24.4 Å². The maximum Gasteiger partial charge on any atom is 0.433 e. The van der Waals surface area contributed by atoms with E-state index in [4.69, 9.17) is 0 Å². The minimum atomic E-state index is -4.49. The van der Waals surface area contributed by atoms with Gasteiger partial charge < -0.3 is 5.32 Å². The van der Waals surface area contributed by atoms with Crippen molar-refractivity contribution in [1.29, 1.82) is 0 Å². The van der Waals surface area contributed by atoms with Crippen molar-refractivity contribution in [1.82, 2.24) is 25.4 Å². The Morgan fingerprint density at radius 3 is 2.38 bits per heavy atom. The first-order chi connectivity index (χ1) is 15.2. The van der Waals surface area contributed by atoms with Gasteiger partial charge in [-0.15, -0.1) is 0 Å². The monoisotopic (exact) mass is 449 g/mol. The summed E-state index contributed by atoms with van der Waals surface area (Å²) in [6.45, 7) is 0. The van der Waals surface area contributed by atoms with Crippen LogP contribution in [0, 0.1) is 5.82 Å². The lowest BCUT2D eigenvalue weighted by molar-refractivity contribution is -0.141. The van der Waals surface area contributed by atoms with Crippen LogP contribution >= 0.6 is 0 Å². The van der Waals surface area contributed by atoms with Gasteiger partial charge in [-0.1, -0.05) is 18.2 Å². The number of benzene rings is 1. The molecule has 0 fully saturated rings. The Balaban J connectivity index is 1.82. The number of nitrogens with one attached hydrogen (secondary N) is 2. The van der Waals surface area contributed by atoms with Crippen molar-refractivity contribution < 1.29 is 22.4 Å². The third-order valence-electron chi connectivity index (χ3n) is 5.01. The number of halogens is 4. The fraction of sp³-hybridized carbons (Fsp3) is 0.318. The number of carbonyl (C=O) groups excluding carboxylic acids is 1. The lowest BCUT2D eigenvalue weighted by atomic mass is 10.00. The van der Waals surface area contributed by atoms with Gasteiger partial charge in [0.1, 0.15) is 17.6 Å². The second kappa shape index (κ2) is 9.90. The van der Waals surface area contributed by atoms with Crippen LogP contribution in [0.1, 0.15) is 41.0 Å². The summed E-state index contributed by atoms with van der Waals surface area (Å²) in [6.07, 6.45) is -0.681. The smallest absolute Gasteiger partial charge is 0.358 e. The van der Waals surface area contributed by atoms with E-state index in [1.807, 2.05) is 0 Å². The van der Waals surface area contributed by atoms with Crippen molar-refractivity contribution in [3.05, 3.63) is 83.2 Å². The summed E-state index contributed by atoms with van der Waals surface area (Å²) in [5.74, 6) is -0.728. The van der Waals surface area contributed by atoms with E-state index in [0.29, 0.717) is 29.7 Å². The Kier molecular flexibility index (Phi) is 7.24. The van der Waals surface area contributed by atoms with Crippen LogP contribution in [0.15, 0.2) is 54.9 Å².